The number of rotatable bonds is 4. The maximum atomic E-state index is 14.3. The molecule has 1 aliphatic rings. The van der Waals surface area contributed by atoms with Gasteiger partial charge in [0.25, 0.3) is 0 Å². The average Bonchev–Trinajstić information content (AvgIpc) is 3.26. The van der Waals surface area contributed by atoms with Crippen LogP contribution in [0, 0.1) is 5.82 Å². The maximum Gasteiger partial charge on any atom is 0.416 e. The minimum atomic E-state index is -4.48. The van der Waals surface area contributed by atoms with E-state index in [2.05, 4.69) is 10.3 Å². The molecule has 1 aromatic heterocycles. The molecule has 0 saturated carbocycles. The molecule has 2 heterocycles. The molecule has 4 rings (SSSR count). The van der Waals surface area contributed by atoms with Crippen molar-refractivity contribution in [2.75, 3.05) is 18.4 Å². The number of piperidine rings is 1. The molecule has 1 aliphatic heterocycles. The first kappa shape index (κ1) is 24.6. The van der Waals surface area contributed by atoms with E-state index in [-0.39, 0.29) is 52.8 Å². The van der Waals surface area contributed by atoms with Crippen LogP contribution >= 0.6 is 11.3 Å². The van der Waals surface area contributed by atoms with E-state index in [1.54, 1.807) is 6.07 Å². The molecule has 35 heavy (non-hydrogen) atoms. The molecule has 0 unspecified atom stereocenters. The fraction of sp³-hybridized carbons (Fsp3) is 0.261. The summed E-state index contributed by atoms with van der Waals surface area (Å²) in [5.41, 5.74) is -2.25. The number of carboxylic acids is 1. The number of benzene rings is 2. The molecule has 0 radical (unpaired) electrons. The van der Waals surface area contributed by atoms with Crippen LogP contribution < -0.4 is 5.32 Å². The Morgan fingerprint density at radius 3 is 2.26 bits per heavy atom. The van der Waals surface area contributed by atoms with Crippen LogP contribution in [-0.2, 0) is 11.8 Å². The number of amides is 2. The number of hydrogen-bond donors (Lipinski definition) is 3. The van der Waals surface area contributed by atoms with Gasteiger partial charge in [-0.2, -0.15) is 13.2 Å². The smallest absolute Gasteiger partial charge is 0.416 e. The first-order chi connectivity index (χ1) is 16.5. The van der Waals surface area contributed by atoms with Crippen LogP contribution in [0.5, 0.6) is 0 Å². The third-order valence-corrected chi connectivity index (χ3v) is 6.93. The van der Waals surface area contributed by atoms with Crippen LogP contribution in [0.4, 0.5) is 28.0 Å². The largest absolute Gasteiger partial charge is 0.477 e. The van der Waals surface area contributed by atoms with Crippen LogP contribution in [0.1, 0.15) is 33.1 Å². The van der Waals surface area contributed by atoms with Gasteiger partial charge in [-0.15, -0.1) is 11.3 Å². The number of likely N-dealkylation sites (tertiary alicyclic amines) is 1. The molecule has 1 saturated heterocycles. The summed E-state index contributed by atoms with van der Waals surface area (Å²) in [7, 11) is 0. The second-order valence-corrected chi connectivity index (χ2v) is 9.00. The van der Waals surface area contributed by atoms with Gasteiger partial charge in [0.15, 0.2) is 0 Å². The van der Waals surface area contributed by atoms with E-state index in [1.807, 2.05) is 0 Å². The predicted molar refractivity (Wildman–Crippen MR) is 120 cm³/mol. The van der Waals surface area contributed by atoms with Crippen LogP contribution in [0.15, 0.2) is 48.5 Å². The third-order valence-electron chi connectivity index (χ3n) is 5.69. The van der Waals surface area contributed by atoms with Crippen molar-refractivity contribution in [3.8, 4) is 11.3 Å². The van der Waals surface area contributed by atoms with Crippen molar-refractivity contribution in [1.82, 2.24) is 9.88 Å². The highest BCUT2D eigenvalue weighted by Crippen LogP contribution is 2.40. The number of aromatic carboxylic acids is 1. The number of thiazole rings is 1. The molecule has 0 aliphatic carbocycles. The summed E-state index contributed by atoms with van der Waals surface area (Å²) in [5.74, 6) is -1.95. The van der Waals surface area contributed by atoms with Gasteiger partial charge in [0.1, 0.15) is 21.3 Å². The molecule has 7 nitrogen and oxygen atoms in total. The topological polar surface area (TPSA) is 103 Å². The normalized spacial score (nSPS) is 15.6. The van der Waals surface area contributed by atoms with Gasteiger partial charge >= 0.3 is 18.2 Å². The molecule has 2 amide bonds. The highest BCUT2D eigenvalue weighted by Gasteiger charge is 2.40. The van der Waals surface area contributed by atoms with E-state index in [0.29, 0.717) is 0 Å². The van der Waals surface area contributed by atoms with E-state index in [1.165, 1.54) is 23.1 Å². The van der Waals surface area contributed by atoms with Crippen molar-refractivity contribution in [2.45, 2.75) is 24.6 Å². The minimum absolute atomic E-state index is 0.00403. The van der Waals surface area contributed by atoms with Gasteiger partial charge in [-0.1, -0.05) is 12.1 Å². The van der Waals surface area contributed by atoms with E-state index < -0.39 is 35.2 Å². The number of urea groups is 1. The van der Waals surface area contributed by atoms with Gasteiger partial charge in [0.05, 0.1) is 11.3 Å². The fourth-order valence-electron chi connectivity index (χ4n) is 3.74. The van der Waals surface area contributed by atoms with Gasteiger partial charge < -0.3 is 20.4 Å². The van der Waals surface area contributed by atoms with Crippen molar-refractivity contribution >= 4 is 29.0 Å². The van der Waals surface area contributed by atoms with E-state index in [9.17, 15) is 37.4 Å². The molecule has 3 aromatic rings. The van der Waals surface area contributed by atoms with Gasteiger partial charge in [-0.25, -0.2) is 19.0 Å². The van der Waals surface area contributed by atoms with Crippen LogP contribution in [-0.4, -0.2) is 45.2 Å². The summed E-state index contributed by atoms with van der Waals surface area (Å²) in [6.07, 6.45) is -4.41. The quantitative estimate of drug-likeness (QED) is 0.421. The summed E-state index contributed by atoms with van der Waals surface area (Å²) >= 11 is 0.754. The van der Waals surface area contributed by atoms with Crippen LogP contribution in [0.2, 0.25) is 0 Å². The first-order valence-electron chi connectivity index (χ1n) is 10.4. The lowest BCUT2D eigenvalue weighted by Crippen LogP contribution is -2.46. The van der Waals surface area contributed by atoms with Crippen molar-refractivity contribution < 1.29 is 37.4 Å². The summed E-state index contributed by atoms with van der Waals surface area (Å²) in [6.45, 7) is 0.167. The van der Waals surface area contributed by atoms with E-state index in [0.717, 1.165) is 35.6 Å². The molecule has 0 spiro atoms. The molecule has 12 heteroatoms. The number of carbonyl (C=O) groups excluding carboxylic acids is 1. The number of alkyl halides is 3. The highest BCUT2D eigenvalue weighted by atomic mass is 32.1. The number of anilines is 1. The van der Waals surface area contributed by atoms with Crippen molar-refractivity contribution in [2.24, 2.45) is 0 Å². The molecule has 2 aromatic carbocycles. The molecular weight excluding hydrogens is 490 g/mol. The molecular formula is C23H19F4N3O4S. The van der Waals surface area contributed by atoms with Gasteiger partial charge in [-0.05, 0) is 36.4 Å². The number of halogens is 4. The molecule has 0 bridgehead atoms. The lowest BCUT2D eigenvalue weighted by atomic mass is 9.92. The summed E-state index contributed by atoms with van der Waals surface area (Å²) in [4.78, 5) is 29.7. The molecule has 0 atom stereocenters. The van der Waals surface area contributed by atoms with Gasteiger partial charge in [-0.3, -0.25) is 0 Å². The number of carboxylic acid groups (broad SMARTS) is 1. The zero-order chi connectivity index (χ0) is 25.4. The molecule has 184 valence electrons. The second-order valence-electron chi connectivity index (χ2n) is 8.01. The monoisotopic (exact) mass is 509 g/mol. The van der Waals surface area contributed by atoms with E-state index in [4.69, 9.17) is 0 Å². The predicted octanol–water partition coefficient (Wildman–Crippen LogP) is 5.18. The third kappa shape index (κ3) is 5.13. The van der Waals surface area contributed by atoms with Crippen LogP contribution in [0.25, 0.3) is 11.3 Å². The Balaban J connectivity index is 1.47. The molecule has 3 N–H and O–H groups in total. The van der Waals surface area contributed by atoms with Crippen molar-refractivity contribution in [3.05, 3.63) is 69.8 Å². The Hall–Kier alpha value is -3.51. The fourth-order valence-corrected chi connectivity index (χ4v) is 4.80. The Bertz CT molecular complexity index is 1250. The highest BCUT2D eigenvalue weighted by molar-refractivity contribution is 7.14. The van der Waals surface area contributed by atoms with E-state index >= 15 is 0 Å². The number of aliphatic hydroxyl groups is 1. The number of carbonyl (C=O) groups is 2. The number of hydrogen-bond acceptors (Lipinski definition) is 5. The number of nitrogens with zero attached hydrogens (tertiary/aromatic N) is 2. The Morgan fingerprint density at radius 1 is 1.06 bits per heavy atom. The molecule has 1 fully saturated rings. The average molecular weight is 509 g/mol. The van der Waals surface area contributed by atoms with Gasteiger partial charge in [0, 0.05) is 37.2 Å². The zero-order valence-electron chi connectivity index (χ0n) is 18.0. The Kier molecular flexibility index (Phi) is 6.52. The lowest BCUT2D eigenvalue weighted by Gasteiger charge is -2.36. The lowest BCUT2D eigenvalue weighted by molar-refractivity contribution is -0.137. The number of nitrogens with one attached hydrogen (secondary N) is 1. The minimum Gasteiger partial charge on any atom is -0.477 e. The summed E-state index contributed by atoms with van der Waals surface area (Å²) in [5, 5.41) is 23.4. The standard InChI is InChI=1S/C23H19F4N3O4S/c24-16-4-2-1-3-15(16)17-18(19(31)32)35-20(29-17)22(34)9-11-30(12-10-22)21(33)28-14-7-5-13(6-8-14)23(25,26)27/h1-8,34H,9-12H2,(H,28,33)(H,31,32). The van der Waals surface area contributed by atoms with Gasteiger partial charge in [0.2, 0.25) is 0 Å². The Morgan fingerprint density at radius 2 is 1.69 bits per heavy atom. The summed E-state index contributed by atoms with van der Waals surface area (Å²) in [6, 6.07) is 9.06. The van der Waals surface area contributed by atoms with Crippen molar-refractivity contribution in [3.63, 3.8) is 0 Å². The maximum absolute atomic E-state index is 14.3. The zero-order valence-corrected chi connectivity index (χ0v) is 18.8. The first-order valence-corrected chi connectivity index (χ1v) is 11.2. The number of aromatic nitrogens is 1. The van der Waals surface area contributed by atoms with Crippen molar-refractivity contribution in [1.29, 1.82) is 0 Å². The summed E-state index contributed by atoms with van der Waals surface area (Å²) < 4.78 is 52.4. The van der Waals surface area contributed by atoms with Crippen LogP contribution in [0.3, 0.4) is 0 Å². The SMILES string of the molecule is O=C(O)c1sc(C2(O)CCN(C(=O)Nc3ccc(C(F)(F)F)cc3)CC2)nc1-c1ccccc1F. The second kappa shape index (κ2) is 9.27. The Labute approximate surface area is 200 Å².